The quantitative estimate of drug-likeness (QED) is 0.383. The van der Waals surface area contributed by atoms with Crippen LogP contribution in [0.25, 0.3) is 0 Å². The molecule has 0 unspecified atom stereocenters. The van der Waals surface area contributed by atoms with Gasteiger partial charge in [0.1, 0.15) is 0 Å². The minimum absolute atomic E-state index is 0.916. The van der Waals surface area contributed by atoms with E-state index in [1.165, 1.54) is 31.4 Å². The molecule has 80 valence electrons. The zero-order valence-corrected chi connectivity index (χ0v) is 10.7. The highest BCUT2D eigenvalue weighted by Gasteiger charge is 2.20. The van der Waals surface area contributed by atoms with Crippen molar-refractivity contribution < 1.29 is 4.43 Å². The summed E-state index contributed by atoms with van der Waals surface area (Å²) < 4.78 is 6.11. The van der Waals surface area contributed by atoms with Crippen molar-refractivity contribution in [2.24, 2.45) is 0 Å². The highest BCUT2D eigenvalue weighted by atomic mass is 28.4. The van der Waals surface area contributed by atoms with E-state index in [9.17, 15) is 0 Å². The third-order valence-corrected chi connectivity index (χ3v) is 3.22. The van der Waals surface area contributed by atoms with Crippen molar-refractivity contribution in [3.8, 4) is 0 Å². The van der Waals surface area contributed by atoms with Crippen LogP contribution in [0.2, 0.25) is 19.6 Å². The normalized spacial score (nSPS) is 16.9. The second-order valence-corrected chi connectivity index (χ2v) is 9.37. The first kappa shape index (κ1) is 11.6. The molecule has 1 nitrogen and oxygen atoms in total. The highest BCUT2D eigenvalue weighted by molar-refractivity contribution is 6.70. The van der Waals surface area contributed by atoms with Gasteiger partial charge in [-0.15, -0.1) is 6.58 Å². The molecule has 0 spiro atoms. The lowest BCUT2D eigenvalue weighted by Crippen LogP contribution is -2.25. The summed E-state index contributed by atoms with van der Waals surface area (Å²) in [7, 11) is -1.43. The molecule has 0 aromatic heterocycles. The van der Waals surface area contributed by atoms with Crippen LogP contribution in [0.3, 0.4) is 0 Å². The summed E-state index contributed by atoms with van der Waals surface area (Å²) in [6.45, 7) is 10.5. The van der Waals surface area contributed by atoms with Gasteiger partial charge in [-0.25, -0.2) is 0 Å². The number of hydrogen-bond donors (Lipinski definition) is 0. The maximum atomic E-state index is 6.11. The third-order valence-electron chi connectivity index (χ3n) is 2.36. The monoisotopic (exact) mass is 210 g/mol. The van der Waals surface area contributed by atoms with Gasteiger partial charge in [0, 0.05) is 6.42 Å². The minimum Gasteiger partial charge on any atom is -0.547 e. The van der Waals surface area contributed by atoms with E-state index in [1.54, 1.807) is 5.57 Å². The molecule has 0 N–H and O–H groups in total. The Kier molecular flexibility index (Phi) is 3.99. The Morgan fingerprint density at radius 3 is 2.36 bits per heavy atom. The predicted octanol–water partition coefficient (Wildman–Crippen LogP) is 4.24. The molecule has 0 bridgehead atoms. The van der Waals surface area contributed by atoms with Crippen molar-refractivity contribution in [2.45, 2.75) is 51.7 Å². The molecule has 0 heterocycles. The van der Waals surface area contributed by atoms with Gasteiger partial charge in [0.05, 0.1) is 5.76 Å². The van der Waals surface area contributed by atoms with Gasteiger partial charge in [0.2, 0.25) is 8.32 Å². The molecular formula is C12H22OSi. The Morgan fingerprint density at radius 2 is 1.93 bits per heavy atom. The summed E-state index contributed by atoms with van der Waals surface area (Å²) in [6, 6.07) is 0. The summed E-state index contributed by atoms with van der Waals surface area (Å²) in [5, 5.41) is 0. The van der Waals surface area contributed by atoms with Crippen molar-refractivity contribution in [3.63, 3.8) is 0 Å². The van der Waals surface area contributed by atoms with E-state index < -0.39 is 8.32 Å². The number of allylic oxidation sites excluding steroid dienone is 2. The van der Waals surface area contributed by atoms with Gasteiger partial charge < -0.3 is 4.43 Å². The second-order valence-electron chi connectivity index (χ2n) is 4.94. The van der Waals surface area contributed by atoms with E-state index in [0.29, 0.717) is 0 Å². The molecule has 0 amide bonds. The summed E-state index contributed by atoms with van der Waals surface area (Å²) >= 11 is 0. The molecule has 14 heavy (non-hydrogen) atoms. The van der Waals surface area contributed by atoms with E-state index in [4.69, 9.17) is 4.43 Å². The second kappa shape index (κ2) is 4.83. The Labute approximate surface area is 89.0 Å². The molecule has 0 aliphatic heterocycles. The van der Waals surface area contributed by atoms with Crippen molar-refractivity contribution >= 4 is 8.32 Å². The fraction of sp³-hybridized carbons (Fsp3) is 0.667. The smallest absolute Gasteiger partial charge is 0.241 e. The van der Waals surface area contributed by atoms with Crippen LogP contribution in [0.5, 0.6) is 0 Å². The van der Waals surface area contributed by atoms with E-state index >= 15 is 0 Å². The molecule has 1 aliphatic carbocycles. The first-order valence-electron chi connectivity index (χ1n) is 5.54. The van der Waals surface area contributed by atoms with Gasteiger partial charge in [-0.05, 0) is 50.9 Å². The molecule has 1 aliphatic rings. The van der Waals surface area contributed by atoms with Crippen LogP contribution in [-0.4, -0.2) is 8.32 Å². The number of rotatable bonds is 4. The van der Waals surface area contributed by atoms with Gasteiger partial charge in [0.25, 0.3) is 0 Å². The van der Waals surface area contributed by atoms with Crippen molar-refractivity contribution in [1.82, 2.24) is 0 Å². The molecule has 1 rings (SSSR count). The Hall–Kier alpha value is -0.503. The fourth-order valence-corrected chi connectivity index (χ4v) is 2.81. The average Bonchev–Trinajstić information content (AvgIpc) is 2.52. The standard InChI is InChI=1S/C12H22OSi/c1-5-8-12(13-14(2,3)4)11-9-6-7-10-11/h5H,1,6-10H2,2-4H3. The first-order valence-corrected chi connectivity index (χ1v) is 8.94. The molecule has 1 saturated carbocycles. The Morgan fingerprint density at radius 1 is 1.36 bits per heavy atom. The van der Waals surface area contributed by atoms with Crippen LogP contribution in [-0.2, 0) is 4.43 Å². The largest absolute Gasteiger partial charge is 0.547 e. The topological polar surface area (TPSA) is 9.23 Å². The minimum atomic E-state index is -1.43. The van der Waals surface area contributed by atoms with Crippen LogP contribution in [0.15, 0.2) is 24.0 Å². The molecule has 0 atom stereocenters. The third kappa shape index (κ3) is 3.70. The first-order chi connectivity index (χ1) is 6.53. The van der Waals surface area contributed by atoms with Crippen LogP contribution < -0.4 is 0 Å². The van der Waals surface area contributed by atoms with Gasteiger partial charge in [-0.2, -0.15) is 0 Å². The fourth-order valence-electron chi connectivity index (χ4n) is 1.84. The zero-order valence-electron chi connectivity index (χ0n) is 9.73. The average molecular weight is 210 g/mol. The molecule has 1 fully saturated rings. The lowest BCUT2D eigenvalue weighted by molar-refractivity contribution is 0.402. The van der Waals surface area contributed by atoms with Crippen molar-refractivity contribution in [1.29, 1.82) is 0 Å². The molecule has 2 heteroatoms. The van der Waals surface area contributed by atoms with Crippen LogP contribution in [0, 0.1) is 0 Å². The Balaban J connectivity index is 2.72. The SMILES string of the molecule is C=CCC(O[Si](C)(C)C)=C1CCCC1. The van der Waals surface area contributed by atoms with Gasteiger partial charge in [0.15, 0.2) is 0 Å². The Bertz CT molecular complexity index is 227. The summed E-state index contributed by atoms with van der Waals surface area (Å²) in [4.78, 5) is 0. The molecular weight excluding hydrogens is 188 g/mol. The lowest BCUT2D eigenvalue weighted by atomic mass is 10.1. The predicted molar refractivity (Wildman–Crippen MR) is 64.7 cm³/mol. The summed E-state index contributed by atoms with van der Waals surface area (Å²) in [5.74, 6) is 1.23. The van der Waals surface area contributed by atoms with E-state index in [0.717, 1.165) is 6.42 Å². The summed E-state index contributed by atoms with van der Waals surface area (Å²) in [6.07, 6.45) is 8.04. The molecule has 0 radical (unpaired) electrons. The van der Waals surface area contributed by atoms with Crippen LogP contribution in [0.4, 0.5) is 0 Å². The maximum absolute atomic E-state index is 6.11. The molecule has 0 saturated heterocycles. The molecule has 0 aromatic rings. The molecule has 0 aromatic carbocycles. The van der Waals surface area contributed by atoms with Crippen molar-refractivity contribution in [3.05, 3.63) is 24.0 Å². The van der Waals surface area contributed by atoms with Crippen molar-refractivity contribution in [2.75, 3.05) is 0 Å². The lowest BCUT2D eigenvalue weighted by Gasteiger charge is -2.23. The van der Waals surface area contributed by atoms with E-state index in [1.807, 2.05) is 6.08 Å². The highest BCUT2D eigenvalue weighted by Crippen LogP contribution is 2.30. The van der Waals surface area contributed by atoms with E-state index in [2.05, 4.69) is 26.2 Å². The summed E-state index contributed by atoms with van der Waals surface area (Å²) in [5.41, 5.74) is 1.55. The van der Waals surface area contributed by atoms with Crippen LogP contribution >= 0.6 is 0 Å². The number of hydrogen-bond acceptors (Lipinski definition) is 1. The maximum Gasteiger partial charge on any atom is 0.241 e. The zero-order chi connectivity index (χ0) is 10.6. The van der Waals surface area contributed by atoms with Gasteiger partial charge >= 0.3 is 0 Å². The van der Waals surface area contributed by atoms with Crippen LogP contribution in [0.1, 0.15) is 32.1 Å². The van der Waals surface area contributed by atoms with E-state index in [-0.39, 0.29) is 0 Å². The van der Waals surface area contributed by atoms with Gasteiger partial charge in [-0.1, -0.05) is 6.08 Å². The van der Waals surface area contributed by atoms with Gasteiger partial charge in [-0.3, -0.25) is 0 Å².